The van der Waals surface area contributed by atoms with E-state index in [4.69, 9.17) is 0 Å². The van der Waals surface area contributed by atoms with Crippen LogP contribution in [0.2, 0.25) is 0 Å². The van der Waals surface area contributed by atoms with Gasteiger partial charge in [-0.25, -0.2) is 0 Å². The van der Waals surface area contributed by atoms with Gasteiger partial charge in [-0.1, -0.05) is 73.6 Å². The fraction of sp³-hybridized carbons (Fsp3) is 0.500. The SMILES string of the molecule is CC.CC.CC(C)c1cc2c(s1)CCNC2.CC(C)c1cnc2ccccc2c1. The zero-order valence-electron chi connectivity index (χ0n) is 19.7. The molecule has 0 saturated heterocycles. The number of hydrogen-bond acceptors (Lipinski definition) is 3. The number of hydrogen-bond donors (Lipinski definition) is 1. The Morgan fingerprint density at radius 2 is 1.62 bits per heavy atom. The van der Waals surface area contributed by atoms with Crippen molar-refractivity contribution in [2.75, 3.05) is 6.54 Å². The van der Waals surface area contributed by atoms with E-state index in [-0.39, 0.29) is 0 Å². The van der Waals surface area contributed by atoms with Crippen molar-refractivity contribution in [1.29, 1.82) is 0 Å². The van der Waals surface area contributed by atoms with E-state index < -0.39 is 0 Å². The van der Waals surface area contributed by atoms with Gasteiger partial charge in [0.2, 0.25) is 0 Å². The first-order chi connectivity index (χ1) is 14.0. The average Bonchev–Trinajstić information content (AvgIpc) is 3.21. The summed E-state index contributed by atoms with van der Waals surface area (Å²) in [5.41, 5.74) is 3.92. The summed E-state index contributed by atoms with van der Waals surface area (Å²) in [5, 5.41) is 4.63. The highest BCUT2D eigenvalue weighted by atomic mass is 32.1. The second kappa shape index (κ2) is 13.5. The van der Waals surface area contributed by atoms with Crippen molar-refractivity contribution in [1.82, 2.24) is 10.3 Å². The van der Waals surface area contributed by atoms with Crippen LogP contribution >= 0.6 is 11.3 Å². The Balaban J connectivity index is 0.000000248. The zero-order chi connectivity index (χ0) is 21.8. The van der Waals surface area contributed by atoms with Gasteiger partial charge >= 0.3 is 0 Å². The number of benzene rings is 1. The van der Waals surface area contributed by atoms with Crippen molar-refractivity contribution in [2.45, 2.75) is 80.2 Å². The van der Waals surface area contributed by atoms with Crippen LogP contribution in [0.1, 0.15) is 88.1 Å². The Morgan fingerprint density at radius 1 is 0.931 bits per heavy atom. The molecule has 0 amide bonds. The normalized spacial score (nSPS) is 12.2. The molecule has 2 aromatic heterocycles. The van der Waals surface area contributed by atoms with Crippen LogP contribution in [0.5, 0.6) is 0 Å². The molecule has 3 heteroatoms. The number of pyridine rings is 1. The summed E-state index contributed by atoms with van der Waals surface area (Å²) in [6.45, 7) is 19.1. The fourth-order valence-electron chi connectivity index (χ4n) is 2.96. The first-order valence-electron chi connectivity index (χ1n) is 11.2. The maximum atomic E-state index is 4.40. The van der Waals surface area contributed by atoms with Gasteiger partial charge in [0.15, 0.2) is 0 Å². The van der Waals surface area contributed by atoms with Gasteiger partial charge in [-0.2, -0.15) is 0 Å². The molecule has 2 nitrogen and oxygen atoms in total. The van der Waals surface area contributed by atoms with Crippen LogP contribution in [0.15, 0.2) is 42.6 Å². The number of rotatable bonds is 2. The molecule has 29 heavy (non-hydrogen) atoms. The minimum absolute atomic E-state index is 0.553. The Labute approximate surface area is 182 Å². The zero-order valence-corrected chi connectivity index (χ0v) is 20.5. The lowest BCUT2D eigenvalue weighted by atomic mass is 10.0. The standard InChI is InChI=1S/C12H13N.C10H15NS.2C2H6/c1-9(2)11-7-10-5-3-4-6-12(10)13-8-11;1-7(2)10-5-8-6-11-4-3-9(8)12-10;2*1-2/h3-9H,1-2H3;5,7,11H,3-4,6H2,1-2H3;2*1-2H3. The first-order valence-corrected chi connectivity index (χ1v) is 12.0. The monoisotopic (exact) mass is 412 g/mol. The number of thiophene rings is 1. The molecule has 1 aliphatic heterocycles. The molecule has 1 aromatic carbocycles. The predicted molar refractivity (Wildman–Crippen MR) is 132 cm³/mol. The van der Waals surface area contributed by atoms with Crippen molar-refractivity contribution in [3.63, 3.8) is 0 Å². The Bertz CT molecular complexity index is 810. The molecule has 1 aliphatic rings. The molecule has 3 heterocycles. The summed E-state index contributed by atoms with van der Waals surface area (Å²) >= 11 is 2.00. The maximum absolute atomic E-state index is 4.40. The number of para-hydroxylation sites is 1. The van der Waals surface area contributed by atoms with Crippen LogP contribution in [-0.4, -0.2) is 11.5 Å². The second-order valence-corrected chi connectivity index (χ2v) is 8.46. The van der Waals surface area contributed by atoms with Gasteiger partial charge in [-0.15, -0.1) is 11.3 Å². The van der Waals surface area contributed by atoms with Crippen molar-refractivity contribution in [3.8, 4) is 0 Å². The summed E-state index contributed by atoms with van der Waals surface area (Å²) in [4.78, 5) is 7.56. The molecule has 0 spiro atoms. The lowest BCUT2D eigenvalue weighted by Gasteiger charge is -2.10. The molecule has 3 aromatic rings. The molecule has 0 saturated carbocycles. The van der Waals surface area contributed by atoms with Crippen LogP contribution in [0.3, 0.4) is 0 Å². The maximum Gasteiger partial charge on any atom is 0.0702 e. The van der Waals surface area contributed by atoms with Gasteiger partial charge in [0, 0.05) is 34.4 Å². The topological polar surface area (TPSA) is 24.9 Å². The number of aromatic nitrogens is 1. The molecule has 0 bridgehead atoms. The average molecular weight is 413 g/mol. The predicted octanol–water partition coefficient (Wildman–Crippen LogP) is 7.93. The summed E-state index contributed by atoms with van der Waals surface area (Å²) in [6.07, 6.45) is 3.19. The molecule has 0 fully saturated rings. The molecule has 0 unspecified atom stereocenters. The highest BCUT2D eigenvalue weighted by Crippen LogP contribution is 2.30. The van der Waals surface area contributed by atoms with E-state index in [1.165, 1.54) is 22.9 Å². The van der Waals surface area contributed by atoms with Gasteiger partial charge < -0.3 is 5.32 Å². The smallest absolute Gasteiger partial charge is 0.0702 e. The molecule has 4 rings (SSSR count). The summed E-state index contributed by atoms with van der Waals surface area (Å²) < 4.78 is 0. The third-order valence-corrected chi connectivity index (χ3v) is 6.14. The minimum atomic E-state index is 0.553. The van der Waals surface area contributed by atoms with E-state index in [1.807, 2.05) is 63.4 Å². The summed E-state index contributed by atoms with van der Waals surface area (Å²) in [6, 6.07) is 12.8. The van der Waals surface area contributed by atoms with Crippen LogP contribution in [-0.2, 0) is 13.0 Å². The van der Waals surface area contributed by atoms with E-state index in [0.717, 1.165) is 18.6 Å². The lowest BCUT2D eigenvalue weighted by molar-refractivity contribution is 0.652. The van der Waals surface area contributed by atoms with Crippen molar-refractivity contribution < 1.29 is 0 Å². The molecule has 1 N–H and O–H groups in total. The van der Waals surface area contributed by atoms with E-state index in [2.05, 4.69) is 56.2 Å². The highest BCUT2D eigenvalue weighted by molar-refractivity contribution is 7.12. The molecular formula is C26H40N2S. The third kappa shape index (κ3) is 7.56. The summed E-state index contributed by atoms with van der Waals surface area (Å²) in [7, 11) is 0. The Hall–Kier alpha value is -1.71. The third-order valence-electron chi connectivity index (χ3n) is 4.61. The first kappa shape index (κ1) is 25.3. The van der Waals surface area contributed by atoms with E-state index >= 15 is 0 Å². The molecular weight excluding hydrogens is 372 g/mol. The number of nitrogens with zero attached hydrogens (tertiary/aromatic N) is 1. The van der Waals surface area contributed by atoms with E-state index in [9.17, 15) is 0 Å². The van der Waals surface area contributed by atoms with Gasteiger partial charge in [-0.3, -0.25) is 4.98 Å². The molecule has 0 atom stereocenters. The van der Waals surface area contributed by atoms with Crippen LogP contribution in [0.4, 0.5) is 0 Å². The highest BCUT2D eigenvalue weighted by Gasteiger charge is 2.13. The molecule has 0 radical (unpaired) electrons. The molecule has 160 valence electrons. The summed E-state index contributed by atoms with van der Waals surface area (Å²) in [5.74, 6) is 1.25. The van der Waals surface area contributed by atoms with Gasteiger partial charge in [-0.05, 0) is 47.6 Å². The van der Waals surface area contributed by atoms with Crippen LogP contribution in [0.25, 0.3) is 10.9 Å². The minimum Gasteiger partial charge on any atom is -0.312 e. The van der Waals surface area contributed by atoms with Crippen molar-refractivity contribution >= 4 is 22.2 Å². The largest absolute Gasteiger partial charge is 0.312 e. The van der Waals surface area contributed by atoms with Crippen LogP contribution < -0.4 is 5.32 Å². The number of nitrogens with one attached hydrogen (secondary N) is 1. The van der Waals surface area contributed by atoms with Gasteiger partial charge in [0.05, 0.1) is 5.52 Å². The Morgan fingerprint density at radius 3 is 2.24 bits per heavy atom. The Kier molecular flexibility index (Phi) is 11.8. The fourth-order valence-corrected chi connectivity index (χ4v) is 4.15. The van der Waals surface area contributed by atoms with Crippen LogP contribution in [0, 0.1) is 0 Å². The second-order valence-electron chi connectivity index (χ2n) is 7.29. The van der Waals surface area contributed by atoms with Crippen molar-refractivity contribution in [2.24, 2.45) is 0 Å². The molecule has 0 aliphatic carbocycles. The van der Waals surface area contributed by atoms with Crippen molar-refractivity contribution in [3.05, 3.63) is 63.5 Å². The van der Waals surface area contributed by atoms with Gasteiger partial charge in [0.25, 0.3) is 0 Å². The number of fused-ring (bicyclic) bond motifs is 2. The van der Waals surface area contributed by atoms with E-state index in [1.54, 1.807) is 9.75 Å². The van der Waals surface area contributed by atoms with E-state index in [0.29, 0.717) is 11.8 Å². The quantitative estimate of drug-likeness (QED) is 0.462. The lowest BCUT2D eigenvalue weighted by Crippen LogP contribution is -2.21. The van der Waals surface area contributed by atoms with Gasteiger partial charge in [0.1, 0.15) is 0 Å².